The van der Waals surface area contributed by atoms with E-state index in [2.05, 4.69) is 10.6 Å². The number of carbonyl (C=O) groups is 5. The van der Waals surface area contributed by atoms with Gasteiger partial charge in [-0.05, 0) is 18.4 Å². The van der Waals surface area contributed by atoms with Gasteiger partial charge in [-0.25, -0.2) is 4.79 Å². The first-order chi connectivity index (χ1) is 13.4. The molecule has 0 bridgehead atoms. The van der Waals surface area contributed by atoms with Crippen LogP contribution in [-0.2, 0) is 30.5 Å². The Kier molecular flexibility index (Phi) is 5.43. The maximum Gasteiger partial charge on any atom is 0.408 e. The molecule has 0 aliphatic carbocycles. The number of hydrogen-bond acceptors (Lipinski definition) is 6. The molecule has 1 aromatic rings. The second kappa shape index (κ2) is 7.79. The summed E-state index contributed by atoms with van der Waals surface area (Å²) in [6, 6.07) is 7.90. The van der Waals surface area contributed by atoms with Crippen molar-refractivity contribution in [3.05, 3.63) is 35.9 Å². The van der Waals surface area contributed by atoms with Gasteiger partial charge in [0.25, 0.3) is 11.8 Å². The second-order valence-corrected chi connectivity index (χ2v) is 6.79. The van der Waals surface area contributed by atoms with E-state index >= 15 is 0 Å². The summed E-state index contributed by atoms with van der Waals surface area (Å²) in [6.45, 7) is 1.69. The van der Waals surface area contributed by atoms with Gasteiger partial charge < -0.3 is 10.1 Å². The van der Waals surface area contributed by atoms with E-state index in [0.717, 1.165) is 10.5 Å². The van der Waals surface area contributed by atoms with Crippen molar-refractivity contribution in [2.24, 2.45) is 0 Å². The van der Waals surface area contributed by atoms with Crippen LogP contribution in [0.4, 0.5) is 4.79 Å². The fraction of sp³-hybridized carbons (Fsp3) is 0.421. The van der Waals surface area contributed by atoms with Crippen LogP contribution >= 0.6 is 0 Å². The van der Waals surface area contributed by atoms with Crippen molar-refractivity contribution in [1.82, 2.24) is 15.5 Å². The van der Waals surface area contributed by atoms with Crippen molar-refractivity contribution < 1.29 is 28.7 Å². The highest BCUT2D eigenvalue weighted by atomic mass is 16.5. The van der Waals surface area contributed by atoms with Gasteiger partial charge >= 0.3 is 6.09 Å². The maximum atomic E-state index is 12.8. The lowest BCUT2D eigenvalue weighted by molar-refractivity contribution is -0.159. The van der Waals surface area contributed by atoms with Crippen LogP contribution < -0.4 is 10.6 Å². The number of carbonyl (C=O) groups excluding carboxylic acids is 5. The van der Waals surface area contributed by atoms with Gasteiger partial charge in [-0.3, -0.25) is 29.4 Å². The van der Waals surface area contributed by atoms with Crippen LogP contribution in [0, 0.1) is 0 Å². The van der Waals surface area contributed by atoms with E-state index < -0.39 is 41.3 Å². The van der Waals surface area contributed by atoms with Crippen LogP contribution in [0.1, 0.15) is 38.2 Å². The molecule has 2 saturated heterocycles. The number of ether oxygens (including phenoxy) is 1. The summed E-state index contributed by atoms with van der Waals surface area (Å²) in [4.78, 5) is 62.1. The van der Waals surface area contributed by atoms with Gasteiger partial charge in [0.1, 0.15) is 18.2 Å². The molecule has 0 spiro atoms. The number of benzene rings is 1. The summed E-state index contributed by atoms with van der Waals surface area (Å²) in [5.41, 5.74) is -0.631. The number of amides is 5. The summed E-state index contributed by atoms with van der Waals surface area (Å²) in [5.74, 6) is -2.34. The lowest BCUT2D eigenvalue weighted by Gasteiger charge is -2.40. The number of nitrogens with zero attached hydrogens (tertiary/aromatic N) is 1. The lowest BCUT2D eigenvalue weighted by Crippen LogP contribution is -2.64. The number of rotatable bonds is 5. The van der Waals surface area contributed by atoms with E-state index in [0.29, 0.717) is 0 Å². The Hall–Kier alpha value is -3.23. The van der Waals surface area contributed by atoms with E-state index in [-0.39, 0.29) is 32.3 Å². The Morgan fingerprint density at radius 3 is 2.61 bits per heavy atom. The zero-order chi connectivity index (χ0) is 20.3. The van der Waals surface area contributed by atoms with E-state index in [1.807, 2.05) is 6.07 Å². The highest BCUT2D eigenvalue weighted by Crippen LogP contribution is 2.33. The molecule has 0 saturated carbocycles. The first kappa shape index (κ1) is 19.5. The second-order valence-electron chi connectivity index (χ2n) is 6.79. The van der Waals surface area contributed by atoms with Crippen LogP contribution in [0.2, 0.25) is 0 Å². The Labute approximate surface area is 161 Å². The van der Waals surface area contributed by atoms with Gasteiger partial charge in [-0.15, -0.1) is 0 Å². The monoisotopic (exact) mass is 387 g/mol. The first-order valence-corrected chi connectivity index (χ1v) is 9.06. The number of nitrogens with one attached hydrogen (secondary N) is 2. The number of imide groups is 2. The van der Waals surface area contributed by atoms with E-state index in [1.165, 1.54) is 0 Å². The van der Waals surface area contributed by atoms with Crippen molar-refractivity contribution in [3.8, 4) is 0 Å². The maximum absolute atomic E-state index is 12.8. The largest absolute Gasteiger partial charge is 0.445 e. The average Bonchev–Trinajstić information content (AvgIpc) is 2.95. The van der Waals surface area contributed by atoms with E-state index in [9.17, 15) is 24.0 Å². The third kappa shape index (κ3) is 3.60. The fourth-order valence-corrected chi connectivity index (χ4v) is 3.55. The van der Waals surface area contributed by atoms with Gasteiger partial charge in [-0.2, -0.15) is 0 Å². The van der Waals surface area contributed by atoms with Crippen LogP contribution in [0.3, 0.4) is 0 Å². The molecule has 28 heavy (non-hydrogen) atoms. The molecule has 1 aromatic carbocycles. The highest BCUT2D eigenvalue weighted by Gasteiger charge is 2.55. The summed E-state index contributed by atoms with van der Waals surface area (Å²) < 4.78 is 5.08. The molecule has 0 aromatic heterocycles. The van der Waals surface area contributed by atoms with Crippen molar-refractivity contribution in [2.45, 2.75) is 50.8 Å². The molecular weight excluding hydrogens is 366 g/mol. The summed E-state index contributed by atoms with van der Waals surface area (Å²) in [7, 11) is 0. The standard InChI is InChI=1S/C19H21N3O6/c1-2-19(9-8-14(23)21-17(19)26)22-15(24)10-13(16(22)25)20-18(27)28-11-12-6-4-3-5-7-12/h3-7,13H,2,8-11H2,1H3,(H,20,27)(H,21,23,26). The fourth-order valence-electron chi connectivity index (χ4n) is 3.55. The molecule has 2 fully saturated rings. The SMILES string of the molecule is CCC1(N2C(=O)CC(NC(=O)OCc3ccccc3)C2=O)CCC(=O)NC1=O. The molecule has 2 atom stereocenters. The zero-order valence-corrected chi connectivity index (χ0v) is 15.4. The molecule has 2 N–H and O–H groups in total. The van der Waals surface area contributed by atoms with Gasteiger partial charge in [0.05, 0.1) is 6.42 Å². The van der Waals surface area contributed by atoms with E-state index in [1.54, 1.807) is 31.2 Å². The molecule has 9 heteroatoms. The molecule has 0 radical (unpaired) electrons. The smallest absolute Gasteiger partial charge is 0.408 e. The van der Waals surface area contributed by atoms with E-state index in [4.69, 9.17) is 4.74 Å². The normalized spacial score (nSPS) is 24.9. The number of hydrogen-bond donors (Lipinski definition) is 2. The van der Waals surface area contributed by atoms with Crippen molar-refractivity contribution in [2.75, 3.05) is 0 Å². The lowest BCUT2D eigenvalue weighted by atomic mass is 9.84. The molecule has 2 heterocycles. The molecule has 3 rings (SSSR count). The predicted molar refractivity (Wildman–Crippen MR) is 95.4 cm³/mol. The Morgan fingerprint density at radius 2 is 1.96 bits per heavy atom. The van der Waals surface area contributed by atoms with Crippen molar-refractivity contribution >= 4 is 29.7 Å². The molecule has 2 aliphatic heterocycles. The van der Waals surface area contributed by atoms with Crippen LogP contribution in [0.25, 0.3) is 0 Å². The van der Waals surface area contributed by atoms with Gasteiger partial charge in [0, 0.05) is 6.42 Å². The molecule has 148 valence electrons. The number of piperidine rings is 1. The minimum atomic E-state index is -1.41. The van der Waals surface area contributed by atoms with Crippen molar-refractivity contribution in [3.63, 3.8) is 0 Å². The summed E-state index contributed by atoms with van der Waals surface area (Å²) in [6.07, 6.45) is -0.813. The Morgan fingerprint density at radius 1 is 1.25 bits per heavy atom. The zero-order valence-electron chi connectivity index (χ0n) is 15.4. The Balaban J connectivity index is 1.66. The predicted octanol–water partition coefficient (Wildman–Crippen LogP) is 0.626. The van der Waals surface area contributed by atoms with Gasteiger partial charge in [-0.1, -0.05) is 37.3 Å². The summed E-state index contributed by atoms with van der Waals surface area (Å²) in [5, 5.41) is 4.59. The minimum Gasteiger partial charge on any atom is -0.445 e. The van der Waals surface area contributed by atoms with Crippen LogP contribution in [0.5, 0.6) is 0 Å². The van der Waals surface area contributed by atoms with Crippen molar-refractivity contribution in [1.29, 1.82) is 0 Å². The third-order valence-corrected chi connectivity index (χ3v) is 5.11. The summed E-state index contributed by atoms with van der Waals surface area (Å²) >= 11 is 0. The first-order valence-electron chi connectivity index (χ1n) is 9.06. The van der Waals surface area contributed by atoms with Crippen LogP contribution in [0.15, 0.2) is 30.3 Å². The molecule has 2 unspecified atom stereocenters. The Bertz CT molecular complexity index is 824. The van der Waals surface area contributed by atoms with Gasteiger partial charge in [0.15, 0.2) is 0 Å². The number of likely N-dealkylation sites (tertiary alicyclic amines) is 1. The van der Waals surface area contributed by atoms with Gasteiger partial charge in [0.2, 0.25) is 11.8 Å². The topological polar surface area (TPSA) is 122 Å². The van der Waals surface area contributed by atoms with Crippen LogP contribution in [-0.4, -0.2) is 46.2 Å². The molecule has 9 nitrogen and oxygen atoms in total. The molecular formula is C19H21N3O6. The quantitative estimate of drug-likeness (QED) is 0.715. The highest BCUT2D eigenvalue weighted by molar-refractivity contribution is 6.13. The third-order valence-electron chi connectivity index (χ3n) is 5.11. The number of alkyl carbamates (subject to hydrolysis) is 1. The minimum absolute atomic E-state index is 0.0225. The molecule has 2 aliphatic rings. The molecule has 5 amide bonds. The average molecular weight is 387 g/mol.